The molecule has 7 heteroatoms. The first-order chi connectivity index (χ1) is 15.5. The number of benzene rings is 2. The van der Waals surface area contributed by atoms with Crippen LogP contribution < -0.4 is 14.8 Å². The van der Waals surface area contributed by atoms with Crippen molar-refractivity contribution < 1.29 is 14.3 Å². The molecule has 168 valence electrons. The number of ether oxygens (including phenoxy) is 2. The van der Waals surface area contributed by atoms with Gasteiger partial charge in [-0.15, -0.1) is 0 Å². The molecule has 0 spiro atoms. The average Bonchev–Trinajstić information content (AvgIpc) is 3.15. The van der Waals surface area contributed by atoms with E-state index in [0.717, 1.165) is 60.2 Å². The number of carbonyl (C=O) groups is 1. The van der Waals surface area contributed by atoms with Crippen molar-refractivity contribution in [3.63, 3.8) is 0 Å². The summed E-state index contributed by atoms with van der Waals surface area (Å²) < 4.78 is 13.1. The lowest BCUT2D eigenvalue weighted by molar-refractivity contribution is 0.0956. The van der Waals surface area contributed by atoms with Crippen molar-refractivity contribution in [2.24, 2.45) is 7.05 Å². The molecule has 4 rings (SSSR count). The van der Waals surface area contributed by atoms with Crippen LogP contribution >= 0.6 is 0 Å². The van der Waals surface area contributed by atoms with Crippen molar-refractivity contribution in [3.8, 4) is 22.9 Å². The van der Waals surface area contributed by atoms with Crippen LogP contribution in [0.4, 0.5) is 0 Å². The highest BCUT2D eigenvalue weighted by atomic mass is 16.5. The fourth-order valence-corrected chi connectivity index (χ4v) is 4.21. The number of imidazole rings is 1. The van der Waals surface area contributed by atoms with Crippen LogP contribution in [-0.2, 0) is 26.6 Å². The molecule has 3 aromatic rings. The van der Waals surface area contributed by atoms with Crippen LogP contribution in [0.2, 0.25) is 0 Å². The van der Waals surface area contributed by atoms with Gasteiger partial charge in [0.1, 0.15) is 17.3 Å². The summed E-state index contributed by atoms with van der Waals surface area (Å²) >= 11 is 0. The predicted octanol–water partition coefficient (Wildman–Crippen LogP) is 3.41. The lowest BCUT2D eigenvalue weighted by atomic mass is 10.1. The maximum absolute atomic E-state index is 12.0. The van der Waals surface area contributed by atoms with Gasteiger partial charge in [0.2, 0.25) is 0 Å². The third-order valence-electron chi connectivity index (χ3n) is 5.96. The first-order valence-corrected chi connectivity index (χ1v) is 10.9. The van der Waals surface area contributed by atoms with Crippen LogP contribution in [0.25, 0.3) is 11.4 Å². The Bertz CT molecular complexity index is 1110. The van der Waals surface area contributed by atoms with Gasteiger partial charge in [-0.3, -0.25) is 9.69 Å². The second kappa shape index (κ2) is 9.44. The zero-order valence-corrected chi connectivity index (χ0v) is 19.1. The largest absolute Gasteiger partial charge is 0.497 e. The fraction of sp³-hybridized carbons (Fsp3) is 0.360. The van der Waals surface area contributed by atoms with E-state index in [0.29, 0.717) is 12.1 Å². The van der Waals surface area contributed by atoms with Crippen LogP contribution in [0.1, 0.15) is 34.2 Å². The van der Waals surface area contributed by atoms with Gasteiger partial charge in [0.25, 0.3) is 5.91 Å². The molecular formula is C25H30N4O3. The summed E-state index contributed by atoms with van der Waals surface area (Å²) in [4.78, 5) is 19.4. The van der Waals surface area contributed by atoms with Gasteiger partial charge < -0.3 is 19.4 Å². The summed E-state index contributed by atoms with van der Waals surface area (Å²) in [6, 6.07) is 13.6. The monoisotopic (exact) mass is 434 g/mol. The lowest BCUT2D eigenvalue weighted by Gasteiger charge is -2.27. The van der Waals surface area contributed by atoms with Crippen LogP contribution in [-0.4, -0.2) is 47.7 Å². The molecule has 0 radical (unpaired) electrons. The number of fused-ring (bicyclic) bond motifs is 1. The number of hydrogen-bond acceptors (Lipinski definition) is 5. The number of nitrogens with zero attached hydrogens (tertiary/aromatic N) is 3. The highest BCUT2D eigenvalue weighted by molar-refractivity contribution is 5.94. The highest BCUT2D eigenvalue weighted by Crippen LogP contribution is 2.29. The molecule has 1 aliphatic rings. The first-order valence-electron chi connectivity index (χ1n) is 10.9. The molecule has 7 nitrogen and oxygen atoms in total. The maximum Gasteiger partial charge on any atom is 0.251 e. The molecule has 0 unspecified atom stereocenters. The van der Waals surface area contributed by atoms with Crippen molar-refractivity contribution >= 4 is 5.91 Å². The number of carbonyl (C=O) groups excluding carboxylic acids is 1. The number of amides is 1. The molecule has 0 fully saturated rings. The molecule has 0 bridgehead atoms. The average molecular weight is 435 g/mol. The van der Waals surface area contributed by atoms with Crippen molar-refractivity contribution in [2.45, 2.75) is 26.4 Å². The van der Waals surface area contributed by atoms with E-state index in [1.807, 2.05) is 49.4 Å². The molecule has 0 saturated carbocycles. The van der Waals surface area contributed by atoms with Crippen molar-refractivity contribution in [3.05, 3.63) is 65.0 Å². The third-order valence-corrected chi connectivity index (χ3v) is 5.96. The van der Waals surface area contributed by atoms with E-state index in [-0.39, 0.29) is 5.91 Å². The Hall–Kier alpha value is -3.32. The normalized spacial score (nSPS) is 13.5. The van der Waals surface area contributed by atoms with Gasteiger partial charge >= 0.3 is 0 Å². The van der Waals surface area contributed by atoms with E-state index in [1.54, 1.807) is 14.2 Å². The molecule has 1 aliphatic heterocycles. The summed E-state index contributed by atoms with van der Waals surface area (Å²) in [7, 11) is 5.44. The van der Waals surface area contributed by atoms with E-state index >= 15 is 0 Å². The van der Waals surface area contributed by atoms with Crippen LogP contribution in [0.3, 0.4) is 0 Å². The standard InChI is InChI=1S/C25H30N4O3/c1-5-26-25(30)18-8-6-17(7-9-18)24-27-21-12-13-29(16-22(21)28(24)2)15-19-14-20(31-3)10-11-23(19)32-4/h6-11,14H,5,12-13,15-16H2,1-4H3,(H,26,30). The predicted molar refractivity (Wildman–Crippen MR) is 124 cm³/mol. The van der Waals surface area contributed by atoms with Gasteiger partial charge in [-0.2, -0.15) is 0 Å². The Labute approximate surface area is 189 Å². The van der Waals surface area contributed by atoms with Gasteiger partial charge in [-0.25, -0.2) is 4.98 Å². The minimum absolute atomic E-state index is 0.0539. The number of aromatic nitrogens is 2. The Morgan fingerprint density at radius 3 is 2.59 bits per heavy atom. The molecule has 0 saturated heterocycles. The number of hydrogen-bond donors (Lipinski definition) is 1. The summed E-state index contributed by atoms with van der Waals surface area (Å²) in [5, 5.41) is 2.83. The van der Waals surface area contributed by atoms with E-state index in [9.17, 15) is 4.79 Å². The maximum atomic E-state index is 12.0. The topological polar surface area (TPSA) is 68.6 Å². The minimum atomic E-state index is -0.0539. The van der Waals surface area contributed by atoms with Gasteiger partial charge in [0.15, 0.2) is 0 Å². The van der Waals surface area contributed by atoms with Crippen molar-refractivity contribution in [2.75, 3.05) is 27.3 Å². The Morgan fingerprint density at radius 2 is 1.91 bits per heavy atom. The number of methoxy groups -OCH3 is 2. The summed E-state index contributed by atoms with van der Waals surface area (Å²) in [5.74, 6) is 2.58. The Morgan fingerprint density at radius 1 is 1.12 bits per heavy atom. The molecular weight excluding hydrogens is 404 g/mol. The zero-order valence-electron chi connectivity index (χ0n) is 19.1. The third kappa shape index (κ3) is 4.34. The molecule has 0 atom stereocenters. The highest BCUT2D eigenvalue weighted by Gasteiger charge is 2.24. The number of nitrogens with one attached hydrogen (secondary N) is 1. The van der Waals surface area contributed by atoms with Crippen LogP contribution in [0.15, 0.2) is 42.5 Å². The van der Waals surface area contributed by atoms with Gasteiger partial charge in [0.05, 0.1) is 25.6 Å². The molecule has 0 aliphatic carbocycles. The summed E-state index contributed by atoms with van der Waals surface area (Å²) in [6.45, 7) is 5.06. The molecule has 2 heterocycles. The summed E-state index contributed by atoms with van der Waals surface area (Å²) in [6.07, 6.45) is 0.895. The molecule has 1 aromatic heterocycles. The molecule has 2 aromatic carbocycles. The van der Waals surface area contributed by atoms with E-state index in [4.69, 9.17) is 14.5 Å². The summed E-state index contributed by atoms with van der Waals surface area (Å²) in [5.41, 5.74) is 5.15. The van der Waals surface area contributed by atoms with Gasteiger partial charge in [-0.1, -0.05) is 12.1 Å². The smallest absolute Gasteiger partial charge is 0.251 e. The Balaban J connectivity index is 1.54. The molecule has 1 N–H and O–H groups in total. The second-order valence-corrected chi connectivity index (χ2v) is 7.96. The van der Waals surface area contributed by atoms with E-state index in [2.05, 4.69) is 21.8 Å². The van der Waals surface area contributed by atoms with Crippen LogP contribution in [0.5, 0.6) is 11.5 Å². The van der Waals surface area contributed by atoms with Crippen molar-refractivity contribution in [1.82, 2.24) is 19.8 Å². The van der Waals surface area contributed by atoms with Gasteiger partial charge in [0, 0.05) is 56.3 Å². The van der Waals surface area contributed by atoms with E-state index < -0.39 is 0 Å². The minimum Gasteiger partial charge on any atom is -0.497 e. The lowest BCUT2D eigenvalue weighted by Crippen LogP contribution is -2.31. The van der Waals surface area contributed by atoms with Crippen LogP contribution in [0, 0.1) is 0 Å². The Kier molecular flexibility index (Phi) is 6.46. The number of rotatable bonds is 7. The van der Waals surface area contributed by atoms with E-state index in [1.165, 1.54) is 5.69 Å². The first kappa shape index (κ1) is 21.9. The molecule has 1 amide bonds. The second-order valence-electron chi connectivity index (χ2n) is 7.96. The quantitative estimate of drug-likeness (QED) is 0.617. The van der Waals surface area contributed by atoms with Gasteiger partial charge in [-0.05, 0) is 37.3 Å². The zero-order chi connectivity index (χ0) is 22.7. The fourth-order valence-electron chi connectivity index (χ4n) is 4.21. The molecule has 32 heavy (non-hydrogen) atoms. The van der Waals surface area contributed by atoms with Crippen molar-refractivity contribution in [1.29, 1.82) is 0 Å². The SMILES string of the molecule is CCNC(=O)c1ccc(-c2nc3c(n2C)CN(Cc2cc(OC)ccc2OC)CC3)cc1.